The maximum Gasteiger partial charge on any atom is 0.343 e. The van der Waals surface area contributed by atoms with Crippen LogP contribution in [0.15, 0.2) is 102 Å². The molecule has 0 aliphatic carbocycles. The highest BCUT2D eigenvalue weighted by Crippen LogP contribution is 2.35. The van der Waals surface area contributed by atoms with Gasteiger partial charge in [0.1, 0.15) is 17.9 Å². The average Bonchev–Trinajstić information content (AvgIpc) is 3.08. The summed E-state index contributed by atoms with van der Waals surface area (Å²) < 4.78 is 10.7. The number of carbonyl (C=O) groups is 2. The minimum atomic E-state index is -0.638. The quantitative estimate of drug-likeness (QED) is 0.311. The molecule has 0 bridgehead atoms. The summed E-state index contributed by atoms with van der Waals surface area (Å²) in [5, 5.41) is 0. The lowest BCUT2D eigenvalue weighted by molar-refractivity contribution is -0.137. The zero-order valence-corrected chi connectivity index (χ0v) is 17.9. The van der Waals surface area contributed by atoms with E-state index in [1.807, 2.05) is 84.9 Å². The van der Waals surface area contributed by atoms with Crippen LogP contribution in [0, 0.1) is 0 Å². The number of para-hydroxylation sites is 1. The molecule has 3 aromatic carbocycles. The van der Waals surface area contributed by atoms with Crippen LogP contribution in [0.4, 0.5) is 5.69 Å². The molecule has 0 saturated carbocycles. The van der Waals surface area contributed by atoms with Crippen molar-refractivity contribution in [3.8, 4) is 5.75 Å². The second-order valence-corrected chi connectivity index (χ2v) is 7.32. The fourth-order valence-corrected chi connectivity index (χ4v) is 3.63. The first-order chi connectivity index (χ1) is 15.6. The van der Waals surface area contributed by atoms with Crippen molar-refractivity contribution >= 4 is 23.5 Å². The molecule has 32 heavy (non-hydrogen) atoms. The monoisotopic (exact) mass is 425 g/mol. The minimum Gasteiger partial charge on any atom is -0.489 e. The van der Waals surface area contributed by atoms with Gasteiger partial charge in [-0.1, -0.05) is 60.7 Å². The average molecular weight is 425 g/mol. The molecular formula is C27H23NO4. The fourth-order valence-electron chi connectivity index (χ4n) is 3.63. The normalized spacial score (nSPS) is 14.8. The number of hydrogen-bond donors (Lipinski definition) is 0. The summed E-state index contributed by atoms with van der Waals surface area (Å²) in [6.45, 7) is 2.23. The Balaban J connectivity index is 1.61. The van der Waals surface area contributed by atoms with Gasteiger partial charge in [0, 0.05) is 11.4 Å². The summed E-state index contributed by atoms with van der Waals surface area (Å²) >= 11 is 0. The number of Topliss-reactive ketones (excluding diaryl/α,β-unsaturated/α-hetero) is 1. The van der Waals surface area contributed by atoms with E-state index in [1.54, 1.807) is 17.9 Å². The van der Waals surface area contributed by atoms with Crippen molar-refractivity contribution in [3.63, 3.8) is 0 Å². The van der Waals surface area contributed by atoms with Gasteiger partial charge in [-0.2, -0.15) is 0 Å². The number of hydrogen-bond acceptors (Lipinski definition) is 5. The predicted molar refractivity (Wildman–Crippen MR) is 124 cm³/mol. The molecule has 5 heteroatoms. The van der Waals surface area contributed by atoms with Crippen LogP contribution in [0.1, 0.15) is 18.1 Å². The van der Waals surface area contributed by atoms with Crippen LogP contribution in [-0.4, -0.2) is 18.9 Å². The Bertz CT molecular complexity index is 1180. The highest BCUT2D eigenvalue weighted by molar-refractivity contribution is 6.30. The molecule has 0 unspecified atom stereocenters. The van der Waals surface area contributed by atoms with Gasteiger partial charge >= 0.3 is 5.97 Å². The van der Waals surface area contributed by atoms with Crippen molar-refractivity contribution in [2.24, 2.45) is 0 Å². The molecule has 0 saturated heterocycles. The van der Waals surface area contributed by atoms with Crippen molar-refractivity contribution in [1.82, 2.24) is 0 Å². The summed E-state index contributed by atoms with van der Waals surface area (Å²) in [4.78, 5) is 27.2. The SMILES string of the molecule is COC(=O)C1=C(C)N(c2ccccc2)C(=Cc2ccc(OCc3ccccc3)cc2)C1=O. The number of carbonyl (C=O) groups excluding carboxylic acids is 2. The van der Waals surface area contributed by atoms with Crippen molar-refractivity contribution in [2.75, 3.05) is 12.0 Å². The summed E-state index contributed by atoms with van der Waals surface area (Å²) in [6, 6.07) is 26.9. The molecule has 1 heterocycles. The molecule has 4 rings (SSSR count). The first-order valence-corrected chi connectivity index (χ1v) is 10.3. The zero-order chi connectivity index (χ0) is 22.5. The number of nitrogens with zero attached hydrogens (tertiary/aromatic N) is 1. The molecule has 0 spiro atoms. The number of ketones is 1. The third kappa shape index (κ3) is 4.32. The number of methoxy groups -OCH3 is 1. The van der Waals surface area contributed by atoms with Gasteiger partial charge in [-0.3, -0.25) is 4.79 Å². The van der Waals surface area contributed by atoms with Gasteiger partial charge in [0.25, 0.3) is 0 Å². The maximum absolute atomic E-state index is 13.1. The Morgan fingerprint density at radius 3 is 2.16 bits per heavy atom. The molecule has 5 nitrogen and oxygen atoms in total. The number of esters is 1. The van der Waals surface area contributed by atoms with Crippen LogP contribution in [0.25, 0.3) is 6.08 Å². The van der Waals surface area contributed by atoms with Gasteiger partial charge in [-0.25, -0.2) is 4.79 Å². The van der Waals surface area contributed by atoms with Gasteiger partial charge in [0.05, 0.1) is 12.8 Å². The minimum absolute atomic E-state index is 0.0467. The van der Waals surface area contributed by atoms with Gasteiger partial charge in [0.2, 0.25) is 5.78 Å². The molecule has 0 amide bonds. The highest BCUT2D eigenvalue weighted by atomic mass is 16.5. The summed E-state index contributed by atoms with van der Waals surface area (Å²) in [5.41, 5.74) is 3.69. The van der Waals surface area contributed by atoms with Gasteiger partial charge in [-0.15, -0.1) is 0 Å². The van der Waals surface area contributed by atoms with Crippen molar-refractivity contribution in [2.45, 2.75) is 13.5 Å². The lowest BCUT2D eigenvalue weighted by Gasteiger charge is -2.21. The lowest BCUT2D eigenvalue weighted by Crippen LogP contribution is -2.18. The molecule has 0 aromatic heterocycles. The van der Waals surface area contributed by atoms with Crippen LogP contribution in [-0.2, 0) is 20.9 Å². The van der Waals surface area contributed by atoms with Gasteiger partial charge < -0.3 is 14.4 Å². The molecular weight excluding hydrogens is 402 g/mol. The van der Waals surface area contributed by atoms with Crippen molar-refractivity contribution in [1.29, 1.82) is 0 Å². The number of allylic oxidation sites excluding steroid dienone is 2. The summed E-state index contributed by atoms with van der Waals surface area (Å²) in [7, 11) is 1.28. The first kappa shape index (κ1) is 21.1. The molecule has 1 aliphatic heterocycles. The molecule has 0 fully saturated rings. The van der Waals surface area contributed by atoms with E-state index in [9.17, 15) is 9.59 Å². The van der Waals surface area contributed by atoms with E-state index in [1.165, 1.54) is 7.11 Å². The molecule has 160 valence electrons. The second kappa shape index (κ2) is 9.35. The van der Waals surface area contributed by atoms with E-state index < -0.39 is 5.97 Å². The number of anilines is 1. The zero-order valence-electron chi connectivity index (χ0n) is 17.9. The topological polar surface area (TPSA) is 55.8 Å². The third-order valence-electron chi connectivity index (χ3n) is 5.23. The number of benzene rings is 3. The first-order valence-electron chi connectivity index (χ1n) is 10.3. The van der Waals surface area contributed by atoms with Crippen LogP contribution in [0.2, 0.25) is 0 Å². The van der Waals surface area contributed by atoms with Crippen molar-refractivity contribution < 1.29 is 19.1 Å². The van der Waals surface area contributed by atoms with Crippen LogP contribution in [0.3, 0.4) is 0 Å². The van der Waals surface area contributed by atoms with Crippen LogP contribution < -0.4 is 9.64 Å². The van der Waals surface area contributed by atoms with Gasteiger partial charge in [-0.05, 0) is 48.4 Å². The van der Waals surface area contributed by atoms with E-state index in [0.717, 1.165) is 22.6 Å². The Labute approximate surface area is 187 Å². The lowest BCUT2D eigenvalue weighted by atomic mass is 10.1. The summed E-state index contributed by atoms with van der Waals surface area (Å²) in [6.07, 6.45) is 1.77. The molecule has 0 N–H and O–H groups in total. The van der Waals surface area contributed by atoms with E-state index in [4.69, 9.17) is 9.47 Å². The Morgan fingerprint density at radius 1 is 0.906 bits per heavy atom. The standard InChI is InChI=1S/C27H23NO4/c1-19-25(27(30)31-2)26(29)24(28(19)22-11-7-4-8-12-22)17-20-13-15-23(16-14-20)32-18-21-9-5-3-6-10-21/h3-17H,18H2,1-2H3. The Morgan fingerprint density at radius 2 is 1.53 bits per heavy atom. The molecule has 0 atom stereocenters. The fraction of sp³-hybridized carbons (Fsp3) is 0.111. The Hall–Kier alpha value is -4.12. The molecule has 3 aromatic rings. The largest absolute Gasteiger partial charge is 0.489 e. The van der Waals surface area contributed by atoms with Gasteiger partial charge in [0.15, 0.2) is 0 Å². The molecule has 1 aliphatic rings. The smallest absolute Gasteiger partial charge is 0.343 e. The number of ether oxygens (including phenoxy) is 2. The van der Waals surface area contributed by atoms with Crippen molar-refractivity contribution in [3.05, 3.63) is 113 Å². The van der Waals surface area contributed by atoms with Crippen LogP contribution >= 0.6 is 0 Å². The van der Waals surface area contributed by atoms with E-state index in [-0.39, 0.29) is 11.4 Å². The Kier molecular flexibility index (Phi) is 6.17. The van der Waals surface area contributed by atoms with E-state index >= 15 is 0 Å². The number of rotatable bonds is 6. The van der Waals surface area contributed by atoms with E-state index in [0.29, 0.717) is 18.0 Å². The predicted octanol–water partition coefficient (Wildman–Crippen LogP) is 5.14. The third-order valence-corrected chi connectivity index (χ3v) is 5.23. The van der Waals surface area contributed by atoms with E-state index in [2.05, 4.69) is 0 Å². The molecule has 0 radical (unpaired) electrons. The highest BCUT2D eigenvalue weighted by Gasteiger charge is 2.38. The second-order valence-electron chi connectivity index (χ2n) is 7.32. The van der Waals surface area contributed by atoms with Crippen LogP contribution in [0.5, 0.6) is 5.75 Å². The maximum atomic E-state index is 13.1. The summed E-state index contributed by atoms with van der Waals surface area (Å²) in [5.74, 6) is -0.262.